The van der Waals surface area contributed by atoms with Crippen LogP contribution in [0, 0.1) is 0 Å². The molecule has 1 heterocycles. The van der Waals surface area contributed by atoms with Crippen molar-refractivity contribution in [1.82, 2.24) is 4.98 Å². The summed E-state index contributed by atoms with van der Waals surface area (Å²) in [5.41, 5.74) is -4.57. The van der Waals surface area contributed by atoms with E-state index < -0.39 is 40.3 Å². The average molecular weight is 307 g/mol. The van der Waals surface area contributed by atoms with Crippen molar-refractivity contribution in [3.63, 3.8) is 0 Å². The van der Waals surface area contributed by atoms with E-state index in [-0.39, 0.29) is 0 Å². The third-order valence-corrected chi connectivity index (χ3v) is 2.69. The molecule has 2 rings (SSSR count). The highest BCUT2D eigenvalue weighted by atomic mass is 19.4. The van der Waals surface area contributed by atoms with Crippen molar-refractivity contribution in [2.75, 3.05) is 0 Å². The SMILES string of the molecule is O=c1cc(-c2ccccc2C(F)(F)F)cc(C(F)(F)F)[nH]1. The molecule has 0 amide bonds. The van der Waals surface area contributed by atoms with Gasteiger partial charge in [0.2, 0.25) is 5.56 Å². The second-order valence-electron chi connectivity index (χ2n) is 4.19. The van der Waals surface area contributed by atoms with Crippen LogP contribution in [0.25, 0.3) is 11.1 Å². The van der Waals surface area contributed by atoms with Gasteiger partial charge in [0.1, 0.15) is 5.69 Å². The third kappa shape index (κ3) is 3.26. The second kappa shape index (κ2) is 4.94. The van der Waals surface area contributed by atoms with Crippen molar-refractivity contribution in [2.24, 2.45) is 0 Å². The van der Waals surface area contributed by atoms with E-state index in [9.17, 15) is 31.1 Å². The summed E-state index contributed by atoms with van der Waals surface area (Å²) in [5, 5.41) is 0. The van der Waals surface area contributed by atoms with Crippen LogP contribution in [0.2, 0.25) is 0 Å². The molecule has 0 spiro atoms. The molecule has 0 saturated heterocycles. The van der Waals surface area contributed by atoms with Gasteiger partial charge in [0.05, 0.1) is 5.56 Å². The molecule has 0 saturated carbocycles. The molecule has 1 N–H and O–H groups in total. The molecule has 0 fully saturated rings. The summed E-state index contributed by atoms with van der Waals surface area (Å²) in [6.45, 7) is 0. The predicted molar refractivity (Wildman–Crippen MR) is 62.5 cm³/mol. The fourth-order valence-electron chi connectivity index (χ4n) is 1.83. The molecule has 0 radical (unpaired) electrons. The Morgan fingerprint density at radius 1 is 0.857 bits per heavy atom. The average Bonchev–Trinajstić information content (AvgIpc) is 2.36. The highest BCUT2D eigenvalue weighted by Crippen LogP contribution is 2.37. The smallest absolute Gasteiger partial charge is 0.318 e. The maximum atomic E-state index is 12.9. The number of rotatable bonds is 1. The zero-order chi connectivity index (χ0) is 15.8. The van der Waals surface area contributed by atoms with Crippen molar-refractivity contribution in [3.8, 4) is 11.1 Å². The van der Waals surface area contributed by atoms with Gasteiger partial charge in [-0.05, 0) is 23.3 Å². The van der Waals surface area contributed by atoms with Gasteiger partial charge in [0, 0.05) is 6.07 Å². The summed E-state index contributed by atoms with van der Waals surface area (Å²) >= 11 is 0. The van der Waals surface area contributed by atoms with E-state index in [4.69, 9.17) is 0 Å². The van der Waals surface area contributed by atoms with Crippen LogP contribution in [0.15, 0.2) is 41.2 Å². The molecule has 0 bridgehead atoms. The van der Waals surface area contributed by atoms with Gasteiger partial charge < -0.3 is 4.98 Å². The molecule has 2 nitrogen and oxygen atoms in total. The van der Waals surface area contributed by atoms with Crippen molar-refractivity contribution >= 4 is 0 Å². The Hall–Kier alpha value is -2.25. The molecule has 21 heavy (non-hydrogen) atoms. The van der Waals surface area contributed by atoms with Crippen LogP contribution in [0.4, 0.5) is 26.3 Å². The predicted octanol–water partition coefficient (Wildman–Crippen LogP) is 4.08. The molecule has 2 aromatic rings. The summed E-state index contributed by atoms with van der Waals surface area (Å²) in [7, 11) is 0. The van der Waals surface area contributed by atoms with Crippen LogP contribution >= 0.6 is 0 Å². The fraction of sp³-hybridized carbons (Fsp3) is 0.154. The van der Waals surface area contributed by atoms with Crippen molar-refractivity contribution in [1.29, 1.82) is 0 Å². The number of H-pyrrole nitrogens is 1. The van der Waals surface area contributed by atoms with Crippen LogP contribution < -0.4 is 5.56 Å². The molecule has 0 unspecified atom stereocenters. The van der Waals surface area contributed by atoms with Gasteiger partial charge in [-0.15, -0.1) is 0 Å². The van der Waals surface area contributed by atoms with E-state index in [1.807, 2.05) is 0 Å². The van der Waals surface area contributed by atoms with E-state index >= 15 is 0 Å². The Morgan fingerprint density at radius 3 is 2.05 bits per heavy atom. The van der Waals surface area contributed by atoms with E-state index in [0.717, 1.165) is 18.2 Å². The number of aromatic amines is 1. The van der Waals surface area contributed by atoms with Crippen molar-refractivity contribution < 1.29 is 26.3 Å². The summed E-state index contributed by atoms with van der Waals surface area (Å²) in [5.74, 6) is 0. The van der Waals surface area contributed by atoms with Crippen LogP contribution in [-0.2, 0) is 12.4 Å². The minimum Gasteiger partial charge on any atom is -0.318 e. The number of halogens is 6. The standard InChI is InChI=1S/C13H7F6NO/c14-12(15,16)9-4-2-1-3-8(9)7-5-10(13(17,18)19)20-11(21)6-7/h1-6H,(H,20,21). The van der Waals surface area contributed by atoms with E-state index in [1.54, 1.807) is 4.98 Å². The second-order valence-corrected chi connectivity index (χ2v) is 4.19. The topological polar surface area (TPSA) is 32.9 Å². The van der Waals surface area contributed by atoms with E-state index in [0.29, 0.717) is 12.1 Å². The summed E-state index contributed by atoms with van der Waals surface area (Å²) in [6, 6.07) is 5.29. The van der Waals surface area contributed by atoms with Gasteiger partial charge >= 0.3 is 12.4 Å². The summed E-state index contributed by atoms with van der Waals surface area (Å²) in [6.07, 6.45) is -9.60. The normalized spacial score (nSPS) is 12.5. The fourth-order valence-corrected chi connectivity index (χ4v) is 1.83. The molecule has 0 aliphatic heterocycles. The van der Waals surface area contributed by atoms with Crippen LogP contribution in [0.1, 0.15) is 11.3 Å². The van der Waals surface area contributed by atoms with Crippen LogP contribution in [0.5, 0.6) is 0 Å². The van der Waals surface area contributed by atoms with Crippen LogP contribution in [0.3, 0.4) is 0 Å². The van der Waals surface area contributed by atoms with Crippen molar-refractivity contribution in [3.05, 3.63) is 58.0 Å². The first-order valence-electron chi connectivity index (χ1n) is 5.57. The Bertz CT molecular complexity index is 714. The Morgan fingerprint density at radius 2 is 1.48 bits per heavy atom. The number of benzene rings is 1. The monoisotopic (exact) mass is 307 g/mol. The van der Waals surface area contributed by atoms with Gasteiger partial charge in [-0.2, -0.15) is 26.3 Å². The first-order valence-corrected chi connectivity index (χ1v) is 5.57. The van der Waals surface area contributed by atoms with E-state index in [2.05, 4.69) is 0 Å². The number of nitrogens with one attached hydrogen (secondary N) is 1. The number of pyridine rings is 1. The lowest BCUT2D eigenvalue weighted by molar-refractivity contribution is -0.141. The van der Waals surface area contributed by atoms with Crippen LogP contribution in [-0.4, -0.2) is 4.98 Å². The quantitative estimate of drug-likeness (QED) is 0.791. The Labute approximate surface area is 114 Å². The molecule has 112 valence electrons. The Kier molecular flexibility index (Phi) is 3.56. The van der Waals surface area contributed by atoms with Gasteiger partial charge in [0.25, 0.3) is 0 Å². The Balaban J connectivity index is 2.69. The van der Waals surface area contributed by atoms with Crippen molar-refractivity contribution in [2.45, 2.75) is 12.4 Å². The number of hydrogen-bond acceptors (Lipinski definition) is 1. The lowest BCUT2D eigenvalue weighted by Gasteiger charge is -2.14. The molecule has 0 atom stereocenters. The number of alkyl halides is 6. The zero-order valence-corrected chi connectivity index (χ0v) is 10.1. The molecular weight excluding hydrogens is 300 g/mol. The lowest BCUT2D eigenvalue weighted by atomic mass is 9.99. The molecule has 0 aliphatic rings. The highest BCUT2D eigenvalue weighted by molar-refractivity contribution is 5.68. The molecule has 1 aromatic heterocycles. The first kappa shape index (κ1) is 15.1. The minimum atomic E-state index is -4.86. The van der Waals surface area contributed by atoms with Gasteiger partial charge in [0.15, 0.2) is 0 Å². The molecular formula is C13H7F6NO. The summed E-state index contributed by atoms with van der Waals surface area (Å²) < 4.78 is 76.4. The maximum Gasteiger partial charge on any atom is 0.431 e. The maximum absolute atomic E-state index is 12.9. The minimum absolute atomic E-state index is 0.445. The first-order chi connectivity index (χ1) is 9.59. The summed E-state index contributed by atoms with van der Waals surface area (Å²) in [4.78, 5) is 12.8. The molecule has 0 aliphatic carbocycles. The van der Waals surface area contributed by atoms with Gasteiger partial charge in [-0.3, -0.25) is 4.79 Å². The zero-order valence-electron chi connectivity index (χ0n) is 10.1. The van der Waals surface area contributed by atoms with Gasteiger partial charge in [-0.1, -0.05) is 18.2 Å². The number of hydrogen-bond donors (Lipinski definition) is 1. The lowest BCUT2D eigenvalue weighted by Crippen LogP contribution is -2.16. The molecule has 1 aromatic carbocycles. The highest BCUT2D eigenvalue weighted by Gasteiger charge is 2.35. The van der Waals surface area contributed by atoms with E-state index in [1.165, 1.54) is 6.07 Å². The van der Waals surface area contributed by atoms with Gasteiger partial charge in [-0.25, -0.2) is 0 Å². The molecule has 8 heteroatoms. The third-order valence-electron chi connectivity index (χ3n) is 2.69. The number of aromatic nitrogens is 1. The largest absolute Gasteiger partial charge is 0.431 e.